The highest BCUT2D eigenvalue weighted by Gasteiger charge is 2.56. The van der Waals surface area contributed by atoms with Crippen LogP contribution in [0.15, 0.2) is 182 Å². The van der Waals surface area contributed by atoms with E-state index in [0.717, 1.165) is 50.7 Å². The van der Waals surface area contributed by atoms with Crippen molar-refractivity contribution in [2.75, 3.05) is 0 Å². The standard InChI is InChI=1S/C57H36N2O/c1-55(2)41-21-7-3-17-37(41)39-20-13-19-34(52(39)55)33-29-49-54(59-32-33)53-46(26-14-28-58-53)57(49)45-25-11-12-27-50(45)60-51-31-47-40(30-48(51)57)38-18-6-10-24-44(38)56(47)42-22-8-4-15-35(42)36-16-5-9-23-43(36)56/h3-32H,1-2H3. The minimum Gasteiger partial charge on any atom is -0.457 e. The van der Waals surface area contributed by atoms with Crippen LogP contribution in [0.25, 0.3) is 55.9 Å². The van der Waals surface area contributed by atoms with Crippen LogP contribution < -0.4 is 4.74 Å². The lowest BCUT2D eigenvalue weighted by Crippen LogP contribution is -2.33. The fraction of sp³-hybridized carbons (Fsp3) is 0.0877. The Morgan fingerprint density at radius 1 is 0.367 bits per heavy atom. The van der Waals surface area contributed by atoms with Crippen LogP contribution >= 0.6 is 0 Å². The van der Waals surface area contributed by atoms with Gasteiger partial charge in [-0.15, -0.1) is 0 Å². The molecule has 0 bridgehead atoms. The van der Waals surface area contributed by atoms with Crippen molar-refractivity contribution in [2.45, 2.75) is 30.1 Å². The maximum Gasteiger partial charge on any atom is 0.132 e. The van der Waals surface area contributed by atoms with E-state index in [0.29, 0.717) is 0 Å². The molecule has 0 radical (unpaired) electrons. The number of para-hydroxylation sites is 1. The summed E-state index contributed by atoms with van der Waals surface area (Å²) in [5, 5.41) is 0. The van der Waals surface area contributed by atoms with Crippen LogP contribution in [0.3, 0.4) is 0 Å². The molecular formula is C57H36N2O. The third kappa shape index (κ3) is 3.62. The molecule has 0 N–H and O–H groups in total. The monoisotopic (exact) mass is 764 g/mol. The molecule has 4 aliphatic carbocycles. The van der Waals surface area contributed by atoms with E-state index in [-0.39, 0.29) is 5.41 Å². The molecule has 9 aromatic rings. The Balaban J connectivity index is 1.08. The molecule has 1 unspecified atom stereocenters. The van der Waals surface area contributed by atoms with Gasteiger partial charge in [0, 0.05) is 40.1 Å². The van der Waals surface area contributed by atoms with E-state index >= 15 is 0 Å². The topological polar surface area (TPSA) is 35.0 Å². The van der Waals surface area contributed by atoms with Gasteiger partial charge >= 0.3 is 0 Å². The van der Waals surface area contributed by atoms with Gasteiger partial charge in [-0.1, -0.05) is 153 Å². The number of rotatable bonds is 1. The second-order valence-corrected chi connectivity index (χ2v) is 17.5. The number of pyridine rings is 2. The van der Waals surface area contributed by atoms with Crippen LogP contribution in [0.1, 0.15) is 69.5 Å². The average Bonchev–Trinajstić information content (AvgIpc) is 3.95. The summed E-state index contributed by atoms with van der Waals surface area (Å²) < 4.78 is 7.19. The lowest BCUT2D eigenvalue weighted by molar-refractivity contribution is 0.435. The molecule has 5 aliphatic rings. The zero-order valence-corrected chi connectivity index (χ0v) is 33.1. The molecule has 2 spiro atoms. The van der Waals surface area contributed by atoms with E-state index in [1.807, 2.05) is 6.20 Å². The number of benzene rings is 7. The largest absolute Gasteiger partial charge is 0.457 e. The summed E-state index contributed by atoms with van der Waals surface area (Å²) in [5.41, 5.74) is 22.8. The van der Waals surface area contributed by atoms with Crippen molar-refractivity contribution in [3.05, 3.63) is 238 Å². The van der Waals surface area contributed by atoms with Crippen LogP contribution in [-0.2, 0) is 16.2 Å². The normalized spacial score (nSPS) is 17.6. The smallest absolute Gasteiger partial charge is 0.132 e. The summed E-state index contributed by atoms with van der Waals surface area (Å²) in [5.74, 6) is 1.72. The minimum absolute atomic E-state index is 0.178. The molecule has 0 fully saturated rings. The number of ether oxygens (including phenoxy) is 1. The summed E-state index contributed by atoms with van der Waals surface area (Å²) in [7, 11) is 0. The zero-order chi connectivity index (χ0) is 39.5. The zero-order valence-electron chi connectivity index (χ0n) is 33.1. The van der Waals surface area contributed by atoms with Gasteiger partial charge in [-0.05, 0) is 108 Å². The lowest BCUT2D eigenvalue weighted by Gasteiger charge is -2.40. The van der Waals surface area contributed by atoms with E-state index in [9.17, 15) is 0 Å². The van der Waals surface area contributed by atoms with Gasteiger partial charge in [0.25, 0.3) is 0 Å². The molecular weight excluding hydrogens is 729 g/mol. The van der Waals surface area contributed by atoms with Crippen LogP contribution in [-0.4, -0.2) is 9.97 Å². The molecule has 60 heavy (non-hydrogen) atoms. The van der Waals surface area contributed by atoms with Gasteiger partial charge in [0.1, 0.15) is 11.5 Å². The Labute approximate surface area is 348 Å². The molecule has 3 heteroatoms. The molecule has 1 aliphatic heterocycles. The third-order valence-corrected chi connectivity index (χ3v) is 14.6. The van der Waals surface area contributed by atoms with Gasteiger partial charge in [-0.2, -0.15) is 0 Å². The van der Waals surface area contributed by atoms with Gasteiger partial charge in [0.2, 0.25) is 0 Å². The first-order chi connectivity index (χ1) is 29.5. The van der Waals surface area contributed by atoms with Crippen molar-refractivity contribution in [3.63, 3.8) is 0 Å². The van der Waals surface area contributed by atoms with Gasteiger partial charge in [0.05, 0.1) is 22.2 Å². The summed E-state index contributed by atoms with van der Waals surface area (Å²) in [6.07, 6.45) is 3.99. The highest BCUT2D eigenvalue weighted by Crippen LogP contribution is 2.67. The van der Waals surface area contributed by atoms with Crippen LogP contribution in [0.4, 0.5) is 0 Å². The molecule has 3 nitrogen and oxygen atoms in total. The molecule has 280 valence electrons. The van der Waals surface area contributed by atoms with E-state index in [4.69, 9.17) is 14.7 Å². The maximum absolute atomic E-state index is 7.19. The van der Waals surface area contributed by atoms with E-state index < -0.39 is 10.8 Å². The number of nitrogens with zero attached hydrogens (tertiary/aromatic N) is 2. The minimum atomic E-state index is -0.742. The van der Waals surface area contributed by atoms with Crippen LogP contribution in [0, 0.1) is 0 Å². The summed E-state index contributed by atoms with van der Waals surface area (Å²) in [4.78, 5) is 10.5. The van der Waals surface area contributed by atoms with Gasteiger partial charge in [0.15, 0.2) is 0 Å². The predicted molar refractivity (Wildman–Crippen MR) is 239 cm³/mol. The number of hydrogen-bond acceptors (Lipinski definition) is 3. The SMILES string of the molecule is CC1(C)c2ccccc2-c2cccc(-c3cnc4c(c3)C3(c5ccccc5Oc5cc6c(cc53)-c3ccccc3C63c5ccccc5-c5ccccc53)c3cccnc3-4)c21. The highest BCUT2D eigenvalue weighted by molar-refractivity contribution is 5.97. The molecule has 0 saturated heterocycles. The van der Waals surface area contributed by atoms with Crippen molar-refractivity contribution in [1.29, 1.82) is 0 Å². The number of hydrogen-bond donors (Lipinski definition) is 0. The highest BCUT2D eigenvalue weighted by atomic mass is 16.5. The molecule has 7 aromatic carbocycles. The first-order valence-corrected chi connectivity index (χ1v) is 21.0. The molecule has 0 amide bonds. The van der Waals surface area contributed by atoms with Crippen LogP contribution in [0.5, 0.6) is 11.5 Å². The van der Waals surface area contributed by atoms with Crippen molar-refractivity contribution in [1.82, 2.24) is 9.97 Å². The Morgan fingerprint density at radius 3 is 1.62 bits per heavy atom. The first-order valence-electron chi connectivity index (χ1n) is 21.0. The summed E-state index contributed by atoms with van der Waals surface area (Å²) >= 11 is 0. The Hall–Kier alpha value is -7.36. The van der Waals surface area contributed by atoms with E-state index in [2.05, 4.69) is 190 Å². The lowest BCUT2D eigenvalue weighted by atomic mass is 9.65. The summed E-state index contributed by atoms with van der Waals surface area (Å²) in [6, 6.07) is 62.9. The van der Waals surface area contributed by atoms with Crippen molar-refractivity contribution in [3.8, 4) is 67.4 Å². The fourth-order valence-corrected chi connectivity index (χ4v) is 12.4. The number of fused-ring (bicyclic) bond motifs is 22. The van der Waals surface area contributed by atoms with Gasteiger partial charge in [-0.25, -0.2) is 0 Å². The Kier molecular flexibility index (Phi) is 5.98. The molecule has 2 aromatic heterocycles. The molecule has 14 rings (SSSR count). The predicted octanol–water partition coefficient (Wildman–Crippen LogP) is 13.3. The van der Waals surface area contributed by atoms with Crippen molar-refractivity contribution < 1.29 is 4.74 Å². The molecule has 1 atom stereocenters. The second kappa shape index (κ2) is 11.0. The maximum atomic E-state index is 7.19. The molecule has 0 saturated carbocycles. The van der Waals surface area contributed by atoms with Crippen LogP contribution in [0.2, 0.25) is 0 Å². The van der Waals surface area contributed by atoms with E-state index in [1.165, 1.54) is 72.3 Å². The van der Waals surface area contributed by atoms with Crippen molar-refractivity contribution in [2.24, 2.45) is 0 Å². The fourth-order valence-electron chi connectivity index (χ4n) is 12.4. The first kappa shape index (κ1) is 32.6. The average molecular weight is 765 g/mol. The Bertz CT molecular complexity index is 3360. The number of aromatic nitrogens is 2. The second-order valence-electron chi connectivity index (χ2n) is 17.5. The molecule has 3 heterocycles. The third-order valence-electron chi connectivity index (χ3n) is 14.6. The van der Waals surface area contributed by atoms with Crippen molar-refractivity contribution >= 4 is 0 Å². The van der Waals surface area contributed by atoms with Gasteiger partial charge in [-0.3, -0.25) is 9.97 Å². The van der Waals surface area contributed by atoms with E-state index in [1.54, 1.807) is 0 Å². The quantitative estimate of drug-likeness (QED) is 0.167. The summed E-state index contributed by atoms with van der Waals surface area (Å²) in [6.45, 7) is 4.72. The van der Waals surface area contributed by atoms with Gasteiger partial charge < -0.3 is 4.74 Å². The Morgan fingerprint density at radius 2 is 0.900 bits per heavy atom.